The maximum atomic E-state index is 5.11. The van der Waals surface area contributed by atoms with Crippen molar-refractivity contribution in [3.05, 3.63) is 121 Å². The summed E-state index contributed by atoms with van der Waals surface area (Å²) in [5, 5.41) is 2.43. The molecular formula is C29H20N2. The molecule has 5 aromatic carbocycles. The standard InChI is InChI=1S/C29H20N2/c1-3-10-21(11-4-1)23-13-9-14-24(20-23)29-30-27-19-18-22-12-7-8-17-26(22)28(27)31(29)25-15-5-2-6-16-25/h1-20H. The molecule has 6 rings (SSSR count). The van der Waals surface area contributed by atoms with Crippen LogP contribution in [0.25, 0.3) is 50.0 Å². The second-order valence-corrected chi connectivity index (χ2v) is 7.71. The molecule has 0 fully saturated rings. The smallest absolute Gasteiger partial charge is 0.145 e. The Kier molecular flexibility index (Phi) is 4.14. The van der Waals surface area contributed by atoms with Crippen LogP contribution in [0.2, 0.25) is 0 Å². The average Bonchev–Trinajstić information content (AvgIpc) is 3.25. The van der Waals surface area contributed by atoms with E-state index in [4.69, 9.17) is 4.98 Å². The van der Waals surface area contributed by atoms with Gasteiger partial charge in [-0.1, -0.05) is 97.1 Å². The lowest BCUT2D eigenvalue weighted by Crippen LogP contribution is -1.98. The molecule has 0 radical (unpaired) electrons. The van der Waals surface area contributed by atoms with Gasteiger partial charge < -0.3 is 0 Å². The topological polar surface area (TPSA) is 17.8 Å². The lowest BCUT2D eigenvalue weighted by Gasteiger charge is -2.12. The first-order valence-electron chi connectivity index (χ1n) is 10.5. The van der Waals surface area contributed by atoms with Crippen molar-refractivity contribution in [2.75, 3.05) is 0 Å². The second kappa shape index (κ2) is 7.26. The number of nitrogens with zero attached hydrogens (tertiary/aromatic N) is 2. The third kappa shape index (κ3) is 3.01. The van der Waals surface area contributed by atoms with Crippen LogP contribution in [0.1, 0.15) is 0 Å². The molecule has 31 heavy (non-hydrogen) atoms. The number of imidazole rings is 1. The zero-order valence-corrected chi connectivity index (χ0v) is 16.9. The fourth-order valence-electron chi connectivity index (χ4n) is 4.33. The summed E-state index contributed by atoms with van der Waals surface area (Å²) in [5.74, 6) is 0.954. The molecule has 0 aliphatic rings. The highest BCUT2D eigenvalue weighted by Crippen LogP contribution is 2.34. The van der Waals surface area contributed by atoms with Gasteiger partial charge in [-0.05, 0) is 40.8 Å². The van der Waals surface area contributed by atoms with Gasteiger partial charge in [0, 0.05) is 16.6 Å². The molecule has 0 unspecified atom stereocenters. The first kappa shape index (κ1) is 17.7. The van der Waals surface area contributed by atoms with Crippen LogP contribution in [-0.2, 0) is 0 Å². The molecule has 0 saturated carbocycles. The summed E-state index contributed by atoms with van der Waals surface area (Å²) in [4.78, 5) is 5.11. The normalized spacial score (nSPS) is 11.2. The van der Waals surface area contributed by atoms with E-state index in [0.717, 1.165) is 28.1 Å². The van der Waals surface area contributed by atoms with Gasteiger partial charge in [0.2, 0.25) is 0 Å². The van der Waals surface area contributed by atoms with Crippen molar-refractivity contribution >= 4 is 21.8 Å². The van der Waals surface area contributed by atoms with Crippen LogP contribution in [0.5, 0.6) is 0 Å². The average molecular weight is 396 g/mol. The van der Waals surface area contributed by atoms with Crippen molar-refractivity contribution in [1.82, 2.24) is 9.55 Å². The summed E-state index contributed by atoms with van der Waals surface area (Å²) in [6, 6.07) is 42.5. The van der Waals surface area contributed by atoms with Crippen LogP contribution in [0.4, 0.5) is 0 Å². The van der Waals surface area contributed by atoms with Crippen LogP contribution >= 0.6 is 0 Å². The molecule has 0 spiro atoms. The van der Waals surface area contributed by atoms with E-state index in [1.165, 1.54) is 21.9 Å². The molecule has 0 amide bonds. The number of fused-ring (bicyclic) bond motifs is 3. The number of benzene rings is 5. The molecule has 0 atom stereocenters. The van der Waals surface area contributed by atoms with E-state index in [2.05, 4.69) is 120 Å². The van der Waals surface area contributed by atoms with Crippen molar-refractivity contribution in [2.45, 2.75) is 0 Å². The Labute approximate surface area is 181 Å². The van der Waals surface area contributed by atoms with Gasteiger partial charge in [-0.3, -0.25) is 4.57 Å². The highest BCUT2D eigenvalue weighted by Gasteiger charge is 2.17. The Morgan fingerprint density at radius 3 is 2.03 bits per heavy atom. The molecule has 1 heterocycles. The third-order valence-corrected chi connectivity index (χ3v) is 5.78. The molecule has 6 aromatic rings. The third-order valence-electron chi connectivity index (χ3n) is 5.78. The van der Waals surface area contributed by atoms with Crippen molar-refractivity contribution in [3.63, 3.8) is 0 Å². The van der Waals surface area contributed by atoms with E-state index in [1.54, 1.807) is 0 Å². The summed E-state index contributed by atoms with van der Waals surface area (Å²) < 4.78 is 2.29. The van der Waals surface area contributed by atoms with Gasteiger partial charge in [-0.25, -0.2) is 4.98 Å². The molecule has 0 saturated heterocycles. The molecule has 146 valence electrons. The zero-order chi connectivity index (χ0) is 20.6. The number of hydrogen-bond donors (Lipinski definition) is 0. The molecule has 1 aromatic heterocycles. The first-order valence-corrected chi connectivity index (χ1v) is 10.5. The Balaban J connectivity index is 1.67. The second-order valence-electron chi connectivity index (χ2n) is 7.71. The minimum Gasteiger partial charge on any atom is -0.292 e. The SMILES string of the molecule is c1ccc(-c2cccc(-c3nc4ccc5ccccc5c4n3-c3ccccc3)c2)cc1. The first-order chi connectivity index (χ1) is 15.4. The summed E-state index contributed by atoms with van der Waals surface area (Å²) in [6.07, 6.45) is 0. The summed E-state index contributed by atoms with van der Waals surface area (Å²) in [6.45, 7) is 0. The highest BCUT2D eigenvalue weighted by molar-refractivity contribution is 6.06. The molecule has 0 N–H and O–H groups in total. The Morgan fingerprint density at radius 1 is 0.516 bits per heavy atom. The van der Waals surface area contributed by atoms with Gasteiger partial charge in [0.15, 0.2) is 0 Å². The minimum absolute atomic E-state index is 0.954. The van der Waals surface area contributed by atoms with Gasteiger partial charge in [0.25, 0.3) is 0 Å². The fraction of sp³-hybridized carbons (Fsp3) is 0. The molecule has 2 nitrogen and oxygen atoms in total. The number of hydrogen-bond acceptors (Lipinski definition) is 1. The maximum absolute atomic E-state index is 5.11. The monoisotopic (exact) mass is 396 g/mol. The van der Waals surface area contributed by atoms with Crippen LogP contribution < -0.4 is 0 Å². The summed E-state index contributed by atoms with van der Waals surface area (Å²) in [5.41, 5.74) is 6.76. The quantitative estimate of drug-likeness (QED) is 0.303. The van der Waals surface area contributed by atoms with E-state index >= 15 is 0 Å². The zero-order valence-electron chi connectivity index (χ0n) is 16.9. The predicted octanol–water partition coefficient (Wildman–Crippen LogP) is 7.51. The fourth-order valence-corrected chi connectivity index (χ4v) is 4.33. The van der Waals surface area contributed by atoms with E-state index in [1.807, 2.05) is 6.07 Å². The Morgan fingerprint density at radius 2 is 1.19 bits per heavy atom. The van der Waals surface area contributed by atoms with E-state index in [9.17, 15) is 0 Å². The lowest BCUT2D eigenvalue weighted by molar-refractivity contribution is 1.11. The van der Waals surface area contributed by atoms with Crippen LogP contribution in [0.3, 0.4) is 0 Å². The van der Waals surface area contributed by atoms with Gasteiger partial charge >= 0.3 is 0 Å². The van der Waals surface area contributed by atoms with Gasteiger partial charge in [0.05, 0.1) is 11.0 Å². The van der Waals surface area contributed by atoms with Crippen molar-refractivity contribution in [1.29, 1.82) is 0 Å². The van der Waals surface area contributed by atoms with Crippen LogP contribution in [0, 0.1) is 0 Å². The van der Waals surface area contributed by atoms with Crippen LogP contribution in [0.15, 0.2) is 121 Å². The van der Waals surface area contributed by atoms with Crippen molar-refractivity contribution in [3.8, 4) is 28.2 Å². The Bertz CT molecular complexity index is 1510. The largest absolute Gasteiger partial charge is 0.292 e. The van der Waals surface area contributed by atoms with Crippen LogP contribution in [-0.4, -0.2) is 9.55 Å². The number of aromatic nitrogens is 2. The lowest BCUT2D eigenvalue weighted by atomic mass is 10.0. The van der Waals surface area contributed by atoms with Gasteiger partial charge in [-0.15, -0.1) is 0 Å². The maximum Gasteiger partial charge on any atom is 0.145 e. The summed E-state index contributed by atoms with van der Waals surface area (Å²) in [7, 11) is 0. The molecule has 2 heteroatoms. The number of rotatable bonds is 3. The van der Waals surface area contributed by atoms with Crippen molar-refractivity contribution < 1.29 is 0 Å². The van der Waals surface area contributed by atoms with E-state index in [-0.39, 0.29) is 0 Å². The molecule has 0 aliphatic heterocycles. The Hall–Kier alpha value is -4.17. The van der Waals surface area contributed by atoms with Gasteiger partial charge in [0.1, 0.15) is 5.82 Å². The molecule has 0 aliphatic carbocycles. The van der Waals surface area contributed by atoms with Crippen molar-refractivity contribution in [2.24, 2.45) is 0 Å². The minimum atomic E-state index is 0.954. The number of para-hydroxylation sites is 1. The van der Waals surface area contributed by atoms with E-state index < -0.39 is 0 Å². The highest BCUT2D eigenvalue weighted by atomic mass is 15.1. The van der Waals surface area contributed by atoms with Gasteiger partial charge in [-0.2, -0.15) is 0 Å². The predicted molar refractivity (Wildman–Crippen MR) is 129 cm³/mol. The molecular weight excluding hydrogens is 376 g/mol. The van der Waals surface area contributed by atoms with E-state index in [0.29, 0.717) is 0 Å². The summed E-state index contributed by atoms with van der Waals surface area (Å²) >= 11 is 0. The molecule has 0 bridgehead atoms.